The molecule has 0 amide bonds. The Labute approximate surface area is 180 Å². The van der Waals surface area contributed by atoms with Crippen molar-refractivity contribution < 1.29 is 12.8 Å². The molecule has 30 heavy (non-hydrogen) atoms. The zero-order chi connectivity index (χ0) is 21.1. The fraction of sp³-hybridized carbons (Fsp3) is 0.0870. The first-order valence-electron chi connectivity index (χ1n) is 9.30. The van der Waals surface area contributed by atoms with Gasteiger partial charge in [0.25, 0.3) is 0 Å². The van der Waals surface area contributed by atoms with Gasteiger partial charge in [-0.25, -0.2) is 8.42 Å². The number of nitrogens with zero attached hydrogens (tertiary/aromatic N) is 1. The van der Waals surface area contributed by atoms with E-state index >= 15 is 0 Å². The average molecular weight is 439 g/mol. The maximum atomic E-state index is 13.2. The Hall–Kier alpha value is -3.09. The fourth-order valence-corrected chi connectivity index (χ4v) is 4.42. The van der Waals surface area contributed by atoms with Gasteiger partial charge in [0.2, 0.25) is 26.6 Å². The van der Waals surface area contributed by atoms with Crippen LogP contribution in [0.3, 0.4) is 0 Å². The van der Waals surface area contributed by atoms with Crippen molar-refractivity contribution in [2.24, 2.45) is 0 Å². The number of aryl methyl sites for hydroxylation is 1. The van der Waals surface area contributed by atoms with Gasteiger partial charge in [0.05, 0.1) is 4.90 Å². The van der Waals surface area contributed by atoms with Crippen molar-refractivity contribution in [3.8, 4) is 11.5 Å². The highest BCUT2D eigenvalue weighted by Crippen LogP contribution is 2.33. The fourth-order valence-electron chi connectivity index (χ4n) is 3.00. The van der Waals surface area contributed by atoms with Gasteiger partial charge < -0.3 is 9.73 Å². The zero-order valence-electron chi connectivity index (χ0n) is 16.2. The van der Waals surface area contributed by atoms with Gasteiger partial charge in [0.1, 0.15) is 0 Å². The number of rotatable bonds is 6. The van der Waals surface area contributed by atoms with Gasteiger partial charge >= 0.3 is 0 Å². The maximum Gasteiger partial charge on any atom is 0.234 e. The normalized spacial score (nSPS) is 11.4. The highest BCUT2D eigenvalue weighted by atomic mass is 35.5. The van der Waals surface area contributed by atoms with Gasteiger partial charge in [-0.1, -0.05) is 59.6 Å². The summed E-state index contributed by atoms with van der Waals surface area (Å²) < 4.78 is 32.4. The quantitative estimate of drug-likeness (QED) is 0.415. The molecule has 5 nitrogen and oxygen atoms in total. The summed E-state index contributed by atoms with van der Waals surface area (Å²) >= 11 is 5.94. The standard InChI is InChI=1S/C23H19ClN2O3S/c1-16-6-5-7-18(14-16)21-26-23(30(27,28)20-8-3-2-4-9-20)22(29-21)25-15-17-10-12-19(24)13-11-17/h2-14,25H,15H2,1H3. The van der Waals surface area contributed by atoms with E-state index in [0.717, 1.165) is 11.1 Å². The number of sulfone groups is 1. The van der Waals surface area contributed by atoms with Crippen molar-refractivity contribution in [3.05, 3.63) is 95.0 Å². The van der Waals surface area contributed by atoms with Crippen molar-refractivity contribution in [2.75, 3.05) is 5.32 Å². The lowest BCUT2D eigenvalue weighted by atomic mass is 10.1. The van der Waals surface area contributed by atoms with Crippen LogP contribution in [0.2, 0.25) is 5.02 Å². The highest BCUT2D eigenvalue weighted by molar-refractivity contribution is 7.91. The molecule has 0 radical (unpaired) electrons. The van der Waals surface area contributed by atoms with Crippen molar-refractivity contribution in [3.63, 3.8) is 0 Å². The Morgan fingerprint density at radius 1 is 0.967 bits per heavy atom. The number of anilines is 1. The van der Waals surface area contributed by atoms with E-state index in [0.29, 0.717) is 17.1 Å². The Morgan fingerprint density at radius 2 is 1.70 bits per heavy atom. The van der Waals surface area contributed by atoms with Gasteiger partial charge in [-0.15, -0.1) is 0 Å². The van der Waals surface area contributed by atoms with Crippen LogP contribution >= 0.6 is 11.6 Å². The van der Waals surface area contributed by atoms with Crippen LogP contribution in [0, 0.1) is 6.92 Å². The summed E-state index contributed by atoms with van der Waals surface area (Å²) in [7, 11) is -3.87. The number of hydrogen-bond acceptors (Lipinski definition) is 5. The van der Waals surface area contributed by atoms with Gasteiger partial charge in [0.15, 0.2) is 0 Å². The molecule has 0 saturated carbocycles. The molecule has 0 aliphatic heterocycles. The first-order chi connectivity index (χ1) is 14.4. The minimum absolute atomic E-state index is 0.102. The predicted octanol–water partition coefficient (Wildman–Crippen LogP) is 5.75. The minimum Gasteiger partial charge on any atom is -0.419 e. The Kier molecular flexibility index (Phi) is 5.61. The summed E-state index contributed by atoms with van der Waals surface area (Å²) in [5.74, 6) is 0.345. The van der Waals surface area contributed by atoms with Crippen LogP contribution in [0.1, 0.15) is 11.1 Å². The summed E-state index contributed by atoms with van der Waals surface area (Å²) in [6, 6.07) is 23.0. The van der Waals surface area contributed by atoms with Crippen molar-refractivity contribution in [1.82, 2.24) is 4.98 Å². The van der Waals surface area contributed by atoms with Gasteiger partial charge in [-0.2, -0.15) is 4.98 Å². The number of halogens is 1. The van der Waals surface area contributed by atoms with Crippen LogP contribution in [0.25, 0.3) is 11.5 Å². The number of benzene rings is 3. The van der Waals surface area contributed by atoms with E-state index in [2.05, 4.69) is 10.3 Å². The van der Waals surface area contributed by atoms with E-state index in [1.54, 1.807) is 42.5 Å². The van der Waals surface area contributed by atoms with E-state index in [1.165, 1.54) is 0 Å². The molecule has 1 heterocycles. The number of hydrogen-bond donors (Lipinski definition) is 1. The maximum absolute atomic E-state index is 13.2. The Balaban J connectivity index is 1.75. The molecule has 4 aromatic rings. The number of nitrogens with one attached hydrogen (secondary N) is 1. The van der Waals surface area contributed by atoms with Gasteiger partial charge in [0, 0.05) is 17.1 Å². The molecule has 0 unspecified atom stereocenters. The minimum atomic E-state index is -3.87. The van der Waals surface area contributed by atoms with Gasteiger partial charge in [-0.3, -0.25) is 0 Å². The van der Waals surface area contributed by atoms with Crippen LogP contribution in [-0.4, -0.2) is 13.4 Å². The molecule has 0 saturated heterocycles. The molecule has 7 heteroatoms. The first kappa shape index (κ1) is 20.2. The lowest BCUT2D eigenvalue weighted by Crippen LogP contribution is -2.07. The predicted molar refractivity (Wildman–Crippen MR) is 117 cm³/mol. The molecule has 152 valence electrons. The van der Waals surface area contributed by atoms with Crippen molar-refractivity contribution in [1.29, 1.82) is 0 Å². The molecule has 0 spiro atoms. The lowest BCUT2D eigenvalue weighted by molar-refractivity contribution is 0.576. The van der Waals surface area contributed by atoms with Gasteiger partial charge in [-0.05, 0) is 48.9 Å². The molecule has 0 aliphatic carbocycles. The van der Waals surface area contributed by atoms with Crippen LogP contribution in [-0.2, 0) is 16.4 Å². The molecule has 0 fully saturated rings. The monoisotopic (exact) mass is 438 g/mol. The smallest absolute Gasteiger partial charge is 0.234 e. The first-order valence-corrected chi connectivity index (χ1v) is 11.2. The topological polar surface area (TPSA) is 72.2 Å². The molecule has 1 N–H and O–H groups in total. The molecule has 1 aromatic heterocycles. The van der Waals surface area contributed by atoms with Crippen LogP contribution in [0.5, 0.6) is 0 Å². The third-order valence-corrected chi connectivity index (χ3v) is 6.47. The average Bonchev–Trinajstić information content (AvgIpc) is 3.19. The van der Waals surface area contributed by atoms with E-state index in [9.17, 15) is 8.42 Å². The van der Waals surface area contributed by atoms with Crippen molar-refractivity contribution in [2.45, 2.75) is 23.4 Å². The lowest BCUT2D eigenvalue weighted by Gasteiger charge is -2.06. The summed E-state index contributed by atoms with van der Waals surface area (Å²) in [6.45, 7) is 2.31. The Morgan fingerprint density at radius 3 is 2.40 bits per heavy atom. The summed E-state index contributed by atoms with van der Waals surface area (Å²) in [5, 5.41) is 3.57. The third kappa shape index (κ3) is 4.25. The second-order valence-corrected chi connectivity index (χ2v) is 9.12. The highest BCUT2D eigenvalue weighted by Gasteiger charge is 2.28. The third-order valence-electron chi connectivity index (χ3n) is 4.54. The molecule has 0 atom stereocenters. The summed E-state index contributed by atoms with van der Waals surface area (Å²) in [4.78, 5) is 4.51. The largest absolute Gasteiger partial charge is 0.419 e. The second kappa shape index (κ2) is 8.34. The second-order valence-electron chi connectivity index (χ2n) is 6.82. The summed E-state index contributed by atoms with van der Waals surface area (Å²) in [5.41, 5.74) is 2.66. The van der Waals surface area contributed by atoms with E-state index < -0.39 is 9.84 Å². The molecular weight excluding hydrogens is 420 g/mol. The number of aromatic nitrogens is 1. The molecule has 4 rings (SSSR count). The Bertz CT molecular complexity index is 1270. The summed E-state index contributed by atoms with van der Waals surface area (Å²) in [6.07, 6.45) is 0. The molecule has 0 bridgehead atoms. The van der Waals surface area contributed by atoms with Crippen LogP contribution in [0.15, 0.2) is 93.2 Å². The van der Waals surface area contributed by atoms with Crippen LogP contribution < -0.4 is 5.32 Å². The van der Waals surface area contributed by atoms with Crippen molar-refractivity contribution >= 4 is 27.3 Å². The number of oxazole rings is 1. The molecule has 0 aliphatic rings. The van der Waals surface area contributed by atoms with E-state index in [4.69, 9.17) is 16.0 Å². The van der Waals surface area contributed by atoms with Crippen LogP contribution in [0.4, 0.5) is 5.88 Å². The zero-order valence-corrected chi connectivity index (χ0v) is 17.7. The van der Waals surface area contributed by atoms with E-state index in [1.807, 2.05) is 43.3 Å². The molecule has 3 aromatic carbocycles. The van der Waals surface area contributed by atoms with E-state index in [-0.39, 0.29) is 21.7 Å². The SMILES string of the molecule is Cc1cccc(-c2nc(S(=O)(=O)c3ccccc3)c(NCc3ccc(Cl)cc3)o2)c1. The molecular formula is C23H19ClN2O3S.